The molecule has 0 unspecified atom stereocenters. The summed E-state index contributed by atoms with van der Waals surface area (Å²) in [6.45, 7) is 3.63. The van der Waals surface area contributed by atoms with Gasteiger partial charge in [-0.1, -0.05) is 12.1 Å². The number of rotatable bonds is 4. The fraction of sp³-hybridized carbons (Fsp3) is 0.105. The van der Waals surface area contributed by atoms with Crippen LogP contribution in [0.3, 0.4) is 0 Å². The number of aromatic nitrogens is 2. The number of aryl methyl sites for hydroxylation is 2. The lowest BCUT2D eigenvalue weighted by Gasteiger charge is -2.09. The van der Waals surface area contributed by atoms with E-state index in [1.54, 1.807) is 19.1 Å². The van der Waals surface area contributed by atoms with Gasteiger partial charge in [0.25, 0.3) is 5.91 Å². The molecule has 0 aliphatic carbocycles. The maximum atomic E-state index is 13.3. The van der Waals surface area contributed by atoms with Gasteiger partial charge in [-0.25, -0.2) is 18.7 Å². The molecular formula is C19H16F2N4O. The molecule has 0 radical (unpaired) electrons. The lowest BCUT2D eigenvalue weighted by atomic mass is 10.2. The van der Waals surface area contributed by atoms with E-state index in [0.29, 0.717) is 11.4 Å². The van der Waals surface area contributed by atoms with Crippen molar-refractivity contribution in [1.29, 1.82) is 0 Å². The molecule has 7 heteroatoms. The van der Waals surface area contributed by atoms with E-state index in [9.17, 15) is 13.6 Å². The summed E-state index contributed by atoms with van der Waals surface area (Å²) >= 11 is 0. The maximum Gasteiger partial charge on any atom is 0.274 e. The van der Waals surface area contributed by atoms with Crippen molar-refractivity contribution in [1.82, 2.24) is 9.97 Å². The quantitative estimate of drug-likeness (QED) is 0.730. The molecule has 0 fully saturated rings. The Hall–Kier alpha value is -3.35. The Bertz CT molecular complexity index is 976. The minimum Gasteiger partial charge on any atom is -0.324 e. The van der Waals surface area contributed by atoms with Crippen LogP contribution in [0.4, 0.5) is 26.1 Å². The van der Waals surface area contributed by atoms with Crippen LogP contribution in [0.25, 0.3) is 0 Å². The number of carbonyl (C=O) groups excluding carboxylic acids is 1. The molecule has 0 aliphatic rings. The fourth-order valence-corrected chi connectivity index (χ4v) is 2.36. The third kappa shape index (κ3) is 4.18. The maximum absolute atomic E-state index is 13.3. The fourth-order valence-electron chi connectivity index (χ4n) is 2.36. The summed E-state index contributed by atoms with van der Waals surface area (Å²) in [6, 6.07) is 12.3. The van der Waals surface area contributed by atoms with Crippen LogP contribution >= 0.6 is 0 Å². The first-order valence-electron chi connectivity index (χ1n) is 7.86. The number of halogens is 2. The van der Waals surface area contributed by atoms with Gasteiger partial charge in [-0.2, -0.15) is 0 Å². The van der Waals surface area contributed by atoms with Crippen molar-refractivity contribution in [2.24, 2.45) is 0 Å². The smallest absolute Gasteiger partial charge is 0.274 e. The van der Waals surface area contributed by atoms with Gasteiger partial charge in [0.15, 0.2) is 11.6 Å². The molecule has 2 aromatic carbocycles. The number of nitrogens with zero attached hydrogens (tertiary/aromatic N) is 2. The van der Waals surface area contributed by atoms with Gasteiger partial charge in [0.1, 0.15) is 5.69 Å². The molecule has 0 atom stereocenters. The van der Waals surface area contributed by atoms with Crippen LogP contribution in [-0.2, 0) is 0 Å². The van der Waals surface area contributed by atoms with Crippen molar-refractivity contribution in [3.8, 4) is 0 Å². The lowest BCUT2D eigenvalue weighted by molar-refractivity contribution is 0.102. The number of hydrogen-bond acceptors (Lipinski definition) is 4. The Labute approximate surface area is 149 Å². The van der Waals surface area contributed by atoms with Gasteiger partial charge in [0.2, 0.25) is 5.95 Å². The minimum atomic E-state index is -0.986. The second-order valence-corrected chi connectivity index (χ2v) is 5.80. The highest BCUT2D eigenvalue weighted by Crippen LogP contribution is 2.18. The lowest BCUT2D eigenvalue weighted by Crippen LogP contribution is -2.15. The first-order valence-corrected chi connectivity index (χ1v) is 7.86. The van der Waals surface area contributed by atoms with Crippen LogP contribution in [0.15, 0.2) is 48.5 Å². The number of amides is 1. The molecule has 3 aromatic rings. The topological polar surface area (TPSA) is 66.9 Å². The summed E-state index contributed by atoms with van der Waals surface area (Å²) in [4.78, 5) is 20.8. The number of carbonyl (C=O) groups is 1. The van der Waals surface area contributed by atoms with Gasteiger partial charge < -0.3 is 10.6 Å². The predicted octanol–water partition coefficient (Wildman–Crippen LogP) is 4.37. The molecule has 1 aromatic heterocycles. The molecule has 132 valence electrons. The van der Waals surface area contributed by atoms with Gasteiger partial charge in [-0.3, -0.25) is 4.79 Å². The molecule has 5 nitrogen and oxygen atoms in total. The number of anilines is 3. The van der Waals surface area contributed by atoms with Crippen molar-refractivity contribution >= 4 is 23.2 Å². The van der Waals surface area contributed by atoms with E-state index in [1.807, 2.05) is 25.1 Å². The van der Waals surface area contributed by atoms with Crippen molar-refractivity contribution in [3.05, 3.63) is 77.1 Å². The summed E-state index contributed by atoms with van der Waals surface area (Å²) in [7, 11) is 0. The Morgan fingerprint density at radius 3 is 2.46 bits per heavy atom. The van der Waals surface area contributed by atoms with Crippen molar-refractivity contribution < 1.29 is 13.6 Å². The molecule has 0 saturated heterocycles. The van der Waals surface area contributed by atoms with Gasteiger partial charge in [0.05, 0.1) is 0 Å². The highest BCUT2D eigenvalue weighted by molar-refractivity contribution is 6.03. The molecule has 0 spiro atoms. The Balaban J connectivity index is 1.82. The molecule has 0 saturated carbocycles. The molecular weight excluding hydrogens is 338 g/mol. The zero-order valence-corrected chi connectivity index (χ0v) is 14.2. The van der Waals surface area contributed by atoms with Gasteiger partial charge in [-0.15, -0.1) is 0 Å². The van der Waals surface area contributed by atoms with E-state index in [4.69, 9.17) is 0 Å². The number of benzene rings is 2. The molecule has 26 heavy (non-hydrogen) atoms. The average molecular weight is 354 g/mol. The zero-order valence-electron chi connectivity index (χ0n) is 14.2. The van der Waals surface area contributed by atoms with Crippen LogP contribution in [0, 0.1) is 25.5 Å². The number of nitrogens with one attached hydrogen (secondary N) is 2. The van der Waals surface area contributed by atoms with Crippen molar-refractivity contribution in [2.75, 3.05) is 10.6 Å². The largest absolute Gasteiger partial charge is 0.324 e. The molecule has 2 N–H and O–H groups in total. The summed E-state index contributed by atoms with van der Waals surface area (Å²) < 4.78 is 26.3. The Morgan fingerprint density at radius 2 is 1.73 bits per heavy atom. The minimum absolute atomic E-state index is 0.116. The van der Waals surface area contributed by atoms with Gasteiger partial charge >= 0.3 is 0 Å². The zero-order chi connectivity index (χ0) is 18.7. The van der Waals surface area contributed by atoms with E-state index in [-0.39, 0.29) is 17.3 Å². The predicted molar refractivity (Wildman–Crippen MR) is 95.5 cm³/mol. The monoisotopic (exact) mass is 354 g/mol. The van der Waals surface area contributed by atoms with E-state index in [2.05, 4.69) is 20.6 Å². The summed E-state index contributed by atoms with van der Waals surface area (Å²) in [5.41, 5.74) is 2.66. The third-order valence-electron chi connectivity index (χ3n) is 3.54. The first-order chi connectivity index (χ1) is 12.4. The Kier molecular flexibility index (Phi) is 4.88. The average Bonchev–Trinajstić information content (AvgIpc) is 2.58. The van der Waals surface area contributed by atoms with Gasteiger partial charge in [0, 0.05) is 23.1 Å². The van der Waals surface area contributed by atoms with Crippen LogP contribution in [0.2, 0.25) is 0 Å². The molecule has 3 rings (SSSR count). The van der Waals surface area contributed by atoms with E-state index in [0.717, 1.165) is 17.7 Å². The molecule has 1 amide bonds. The SMILES string of the molecule is Cc1cccc(NC(=O)c2cc(C)nc(Nc3ccc(F)c(F)c3)n2)c1. The van der Waals surface area contributed by atoms with Crippen LogP contribution in [0.5, 0.6) is 0 Å². The highest BCUT2D eigenvalue weighted by atomic mass is 19.2. The normalized spacial score (nSPS) is 10.5. The van der Waals surface area contributed by atoms with E-state index >= 15 is 0 Å². The summed E-state index contributed by atoms with van der Waals surface area (Å²) in [5.74, 6) is -2.21. The van der Waals surface area contributed by atoms with Crippen LogP contribution < -0.4 is 10.6 Å². The summed E-state index contributed by atoms with van der Waals surface area (Å²) in [6.07, 6.45) is 0. The third-order valence-corrected chi connectivity index (χ3v) is 3.54. The first kappa shape index (κ1) is 17.5. The molecule has 0 bridgehead atoms. The number of hydrogen-bond donors (Lipinski definition) is 2. The van der Waals surface area contributed by atoms with Crippen molar-refractivity contribution in [3.63, 3.8) is 0 Å². The van der Waals surface area contributed by atoms with Crippen LogP contribution in [0.1, 0.15) is 21.7 Å². The van der Waals surface area contributed by atoms with E-state index in [1.165, 1.54) is 6.07 Å². The van der Waals surface area contributed by atoms with E-state index < -0.39 is 17.5 Å². The summed E-state index contributed by atoms with van der Waals surface area (Å²) in [5, 5.41) is 5.54. The molecule has 0 aliphatic heterocycles. The standard InChI is InChI=1S/C19H16F2N4O/c1-11-4-3-5-13(8-11)23-18(26)17-9-12(2)22-19(25-17)24-14-6-7-15(20)16(21)10-14/h3-10H,1-2H3,(H,23,26)(H,22,24,25). The molecule has 1 heterocycles. The van der Waals surface area contributed by atoms with Crippen LogP contribution in [-0.4, -0.2) is 15.9 Å². The van der Waals surface area contributed by atoms with Gasteiger partial charge in [-0.05, 0) is 49.7 Å². The van der Waals surface area contributed by atoms with Crippen molar-refractivity contribution in [2.45, 2.75) is 13.8 Å². The Morgan fingerprint density at radius 1 is 0.923 bits per heavy atom. The second-order valence-electron chi connectivity index (χ2n) is 5.80. The second kappa shape index (κ2) is 7.26. The highest BCUT2D eigenvalue weighted by Gasteiger charge is 2.12.